The van der Waals surface area contributed by atoms with Crippen LogP contribution in [0.2, 0.25) is 0 Å². The van der Waals surface area contributed by atoms with Crippen molar-refractivity contribution in [3.8, 4) is 5.75 Å². The van der Waals surface area contributed by atoms with Gasteiger partial charge in [0.15, 0.2) is 5.96 Å². The molecule has 2 heterocycles. The topological polar surface area (TPSA) is 63.9 Å². The minimum atomic E-state index is 0. The van der Waals surface area contributed by atoms with Gasteiger partial charge in [0.2, 0.25) is 0 Å². The van der Waals surface area contributed by atoms with Gasteiger partial charge in [-0.15, -0.1) is 24.0 Å². The molecular weight excluding hydrogens is 469 g/mol. The van der Waals surface area contributed by atoms with Crippen LogP contribution in [0.3, 0.4) is 0 Å². The Bertz CT molecular complexity index is 765. The van der Waals surface area contributed by atoms with Gasteiger partial charge in [-0.25, -0.2) is 0 Å². The van der Waals surface area contributed by atoms with Crippen LogP contribution in [0.5, 0.6) is 5.75 Å². The average Bonchev–Trinajstić information content (AvgIpc) is 3.13. The lowest BCUT2D eigenvalue weighted by Crippen LogP contribution is -2.48. The highest BCUT2D eigenvalue weighted by Crippen LogP contribution is 2.22. The summed E-state index contributed by atoms with van der Waals surface area (Å²) < 4.78 is 13.4. The number of para-hydroxylation sites is 1. The number of aliphatic imine (C=N–C) groups is 1. The number of aryl methyl sites for hydroxylation is 1. The van der Waals surface area contributed by atoms with Crippen LogP contribution < -0.4 is 10.1 Å². The van der Waals surface area contributed by atoms with Gasteiger partial charge in [0.1, 0.15) is 11.9 Å². The first-order chi connectivity index (χ1) is 13.2. The number of morpholine rings is 1. The number of aromatic nitrogens is 2. The van der Waals surface area contributed by atoms with E-state index in [1.807, 2.05) is 51.6 Å². The maximum Gasteiger partial charge on any atom is 0.193 e. The van der Waals surface area contributed by atoms with Crippen LogP contribution in [0.4, 0.5) is 0 Å². The minimum absolute atomic E-state index is 0. The van der Waals surface area contributed by atoms with E-state index in [9.17, 15) is 0 Å². The Balaban J connectivity index is 0.00000280. The summed E-state index contributed by atoms with van der Waals surface area (Å²) in [4.78, 5) is 6.70. The highest BCUT2D eigenvalue weighted by molar-refractivity contribution is 14.0. The number of halogens is 1. The third-order valence-electron chi connectivity index (χ3n) is 4.62. The second-order valence-corrected chi connectivity index (χ2v) is 6.52. The first-order valence-electron chi connectivity index (χ1n) is 9.47. The smallest absolute Gasteiger partial charge is 0.193 e. The van der Waals surface area contributed by atoms with E-state index >= 15 is 0 Å². The Hall–Kier alpha value is -1.81. The molecule has 0 bridgehead atoms. The Labute approximate surface area is 184 Å². The minimum Gasteiger partial charge on any atom is -0.494 e. The molecule has 0 amide bonds. The molecule has 3 rings (SSSR count). The summed E-state index contributed by atoms with van der Waals surface area (Å²) in [6.45, 7) is 5.75. The zero-order chi connectivity index (χ0) is 19.1. The molecule has 1 saturated heterocycles. The molecule has 0 aliphatic carbocycles. The van der Waals surface area contributed by atoms with E-state index in [1.165, 1.54) is 5.56 Å². The summed E-state index contributed by atoms with van der Waals surface area (Å²) in [5.41, 5.74) is 2.31. The standard InChI is InChI=1S/C20H29N5O2.HI/c1-4-26-18-8-6-5-7-16(18)9-10-22-20(21-2)25-11-12-27-19(15-25)17-13-23-24(3)14-17;/h5-8,13-14,19H,4,9-12,15H2,1-3H3,(H,21,22);1H. The van der Waals surface area contributed by atoms with Crippen LogP contribution in [0.25, 0.3) is 0 Å². The second kappa shape index (κ2) is 11.3. The number of rotatable bonds is 6. The van der Waals surface area contributed by atoms with Gasteiger partial charge in [-0.3, -0.25) is 9.67 Å². The van der Waals surface area contributed by atoms with Crippen molar-refractivity contribution in [1.29, 1.82) is 0 Å². The molecule has 154 valence electrons. The molecule has 7 nitrogen and oxygen atoms in total. The molecule has 0 spiro atoms. The second-order valence-electron chi connectivity index (χ2n) is 6.52. The van der Waals surface area contributed by atoms with E-state index < -0.39 is 0 Å². The molecule has 1 aliphatic heterocycles. The van der Waals surface area contributed by atoms with Crippen molar-refractivity contribution < 1.29 is 9.47 Å². The number of nitrogens with one attached hydrogen (secondary N) is 1. The Morgan fingerprint density at radius 3 is 2.93 bits per heavy atom. The summed E-state index contributed by atoms with van der Waals surface area (Å²) in [5, 5.41) is 7.73. The van der Waals surface area contributed by atoms with Gasteiger partial charge in [-0.05, 0) is 25.0 Å². The summed E-state index contributed by atoms with van der Waals surface area (Å²) in [5.74, 6) is 1.86. The van der Waals surface area contributed by atoms with Crippen molar-refractivity contribution >= 4 is 29.9 Å². The lowest BCUT2D eigenvalue weighted by atomic mass is 10.1. The molecule has 1 N–H and O–H groups in total. The molecule has 1 unspecified atom stereocenters. The van der Waals surface area contributed by atoms with Gasteiger partial charge in [0.25, 0.3) is 0 Å². The van der Waals surface area contributed by atoms with Crippen LogP contribution in [0.15, 0.2) is 41.7 Å². The Kier molecular flexibility index (Phi) is 9.04. The molecule has 1 aromatic heterocycles. The first kappa shape index (κ1) is 22.5. The highest BCUT2D eigenvalue weighted by Gasteiger charge is 2.25. The van der Waals surface area contributed by atoms with Crippen LogP contribution in [0, 0.1) is 0 Å². The number of ether oxygens (including phenoxy) is 2. The summed E-state index contributed by atoms with van der Waals surface area (Å²) in [6, 6.07) is 8.19. The molecule has 8 heteroatoms. The summed E-state index contributed by atoms with van der Waals surface area (Å²) in [7, 11) is 3.75. The molecule has 0 saturated carbocycles. The van der Waals surface area contributed by atoms with Gasteiger partial charge in [-0.1, -0.05) is 18.2 Å². The van der Waals surface area contributed by atoms with Crippen molar-refractivity contribution in [2.45, 2.75) is 19.4 Å². The van der Waals surface area contributed by atoms with E-state index in [2.05, 4.69) is 26.4 Å². The highest BCUT2D eigenvalue weighted by atomic mass is 127. The van der Waals surface area contributed by atoms with E-state index in [4.69, 9.17) is 9.47 Å². The number of hydrogen-bond acceptors (Lipinski definition) is 4. The van der Waals surface area contributed by atoms with E-state index in [0.29, 0.717) is 13.2 Å². The third kappa shape index (κ3) is 5.84. The first-order valence-corrected chi connectivity index (χ1v) is 9.47. The summed E-state index contributed by atoms with van der Waals surface area (Å²) in [6.07, 6.45) is 4.78. The van der Waals surface area contributed by atoms with Crippen LogP contribution >= 0.6 is 24.0 Å². The van der Waals surface area contributed by atoms with Crippen LogP contribution in [-0.2, 0) is 18.2 Å². The molecule has 1 atom stereocenters. The zero-order valence-electron chi connectivity index (χ0n) is 16.8. The molecule has 28 heavy (non-hydrogen) atoms. The quantitative estimate of drug-likeness (QED) is 0.376. The van der Waals surface area contributed by atoms with Gasteiger partial charge < -0.3 is 19.7 Å². The Morgan fingerprint density at radius 2 is 2.21 bits per heavy atom. The van der Waals surface area contributed by atoms with Crippen LogP contribution in [-0.4, -0.2) is 60.5 Å². The zero-order valence-corrected chi connectivity index (χ0v) is 19.1. The Morgan fingerprint density at radius 1 is 1.39 bits per heavy atom. The monoisotopic (exact) mass is 499 g/mol. The summed E-state index contributed by atoms with van der Waals surface area (Å²) >= 11 is 0. The molecule has 0 radical (unpaired) electrons. The normalized spacial score (nSPS) is 17.2. The number of benzene rings is 1. The molecule has 2 aromatic rings. The third-order valence-corrected chi connectivity index (χ3v) is 4.62. The van der Waals surface area contributed by atoms with Gasteiger partial charge in [-0.2, -0.15) is 5.10 Å². The van der Waals surface area contributed by atoms with E-state index in [0.717, 1.165) is 43.3 Å². The lowest BCUT2D eigenvalue weighted by molar-refractivity contribution is -0.00800. The fourth-order valence-electron chi connectivity index (χ4n) is 3.30. The predicted octanol–water partition coefficient (Wildman–Crippen LogP) is 2.63. The number of hydrogen-bond donors (Lipinski definition) is 1. The van der Waals surface area contributed by atoms with Crippen molar-refractivity contribution in [1.82, 2.24) is 20.0 Å². The number of guanidine groups is 1. The SMILES string of the molecule is CCOc1ccccc1CCNC(=NC)N1CCOC(c2cnn(C)c2)C1.I. The average molecular weight is 499 g/mol. The van der Waals surface area contributed by atoms with Crippen molar-refractivity contribution in [3.63, 3.8) is 0 Å². The van der Waals surface area contributed by atoms with Gasteiger partial charge >= 0.3 is 0 Å². The maximum absolute atomic E-state index is 5.92. The molecular formula is C20H30IN5O2. The van der Waals surface area contributed by atoms with Gasteiger partial charge in [0, 0.05) is 38.9 Å². The fraction of sp³-hybridized carbons (Fsp3) is 0.500. The molecule has 1 aliphatic rings. The van der Waals surface area contributed by atoms with E-state index in [1.54, 1.807) is 4.68 Å². The van der Waals surface area contributed by atoms with E-state index in [-0.39, 0.29) is 30.1 Å². The molecule has 1 aromatic carbocycles. The van der Waals surface area contributed by atoms with Crippen molar-refractivity contribution in [2.75, 3.05) is 39.9 Å². The maximum atomic E-state index is 5.92. The largest absolute Gasteiger partial charge is 0.494 e. The van der Waals surface area contributed by atoms with Crippen molar-refractivity contribution in [3.05, 3.63) is 47.8 Å². The fourth-order valence-corrected chi connectivity index (χ4v) is 3.30. The lowest BCUT2D eigenvalue weighted by Gasteiger charge is -2.34. The van der Waals surface area contributed by atoms with Crippen LogP contribution in [0.1, 0.15) is 24.2 Å². The molecule has 1 fully saturated rings. The van der Waals surface area contributed by atoms with Crippen molar-refractivity contribution in [2.24, 2.45) is 12.0 Å². The predicted molar refractivity (Wildman–Crippen MR) is 122 cm³/mol. The van der Waals surface area contributed by atoms with Gasteiger partial charge in [0.05, 0.1) is 26.0 Å². The number of nitrogens with zero attached hydrogens (tertiary/aromatic N) is 4.